The third-order valence-electron chi connectivity index (χ3n) is 9.13. The second kappa shape index (κ2) is 13.2. The molecule has 1 amide bonds. The average molecular weight is 623 g/mol. The van der Waals surface area contributed by atoms with Gasteiger partial charge in [0.25, 0.3) is 0 Å². The monoisotopic (exact) mass is 622 g/mol. The number of benzene rings is 2. The topological polar surface area (TPSA) is 114 Å². The second-order valence-corrected chi connectivity index (χ2v) is 14.3. The summed E-state index contributed by atoms with van der Waals surface area (Å²) in [5.74, 6) is -3.15. The fourth-order valence-corrected chi connectivity index (χ4v) is 8.91. The van der Waals surface area contributed by atoms with Crippen LogP contribution in [-0.2, 0) is 26.0 Å². The molecule has 3 fully saturated rings. The molecule has 1 unspecified atom stereocenters. The van der Waals surface area contributed by atoms with E-state index in [1.54, 1.807) is 12.1 Å². The molecular formula is C31H41F3N4O4S. The van der Waals surface area contributed by atoms with Gasteiger partial charge in [-0.25, -0.2) is 21.6 Å². The highest BCUT2D eigenvalue weighted by Gasteiger charge is 2.39. The lowest BCUT2D eigenvalue weighted by Crippen LogP contribution is -2.57. The largest absolute Gasteiger partial charge is 0.376 e. The highest BCUT2D eigenvalue weighted by atomic mass is 32.2. The second-order valence-electron chi connectivity index (χ2n) is 12.3. The number of hydrogen-bond acceptors (Lipinski definition) is 6. The molecule has 3 aliphatic rings. The lowest BCUT2D eigenvalue weighted by molar-refractivity contribution is -0.119. The first-order valence-corrected chi connectivity index (χ1v) is 16.7. The molecule has 0 spiro atoms. The molecule has 12 heteroatoms. The summed E-state index contributed by atoms with van der Waals surface area (Å²) in [5, 5.41) is 5.95. The number of sulfonamides is 1. The van der Waals surface area contributed by atoms with Crippen LogP contribution in [0.2, 0.25) is 0 Å². The number of nitrogens with two attached hydrogens (primary N) is 1. The SMILES string of the molecule is C[C@@H]1C[C@H]([C@H](c2ccc(F)cc2)[C@H](N)C(=O)Nc2c(F)ccc(F)c2CC[C@H]2CN[C@@H]3CCCS(=O)(=O)N2C3)C[C@H](C)O1. The van der Waals surface area contributed by atoms with E-state index in [0.29, 0.717) is 37.9 Å². The predicted molar refractivity (Wildman–Crippen MR) is 158 cm³/mol. The Hall–Kier alpha value is -2.51. The van der Waals surface area contributed by atoms with Gasteiger partial charge in [0.05, 0.1) is 29.7 Å². The van der Waals surface area contributed by atoms with E-state index in [4.69, 9.17) is 10.5 Å². The number of hydrogen-bond donors (Lipinski definition) is 3. The van der Waals surface area contributed by atoms with Crippen molar-refractivity contribution >= 4 is 21.6 Å². The van der Waals surface area contributed by atoms with Crippen LogP contribution in [-0.4, -0.2) is 67.8 Å². The van der Waals surface area contributed by atoms with Crippen molar-refractivity contribution < 1.29 is 31.1 Å². The standard InChI is InChI=1S/C31H41F3N4O4S/c1-18-14-21(15-19(2)42-18)28(20-5-7-22(32)8-6-20)29(35)31(39)37-30-25(26(33)11-12-27(30)34)10-9-24-16-36-23-4-3-13-43(40,41)38(24)17-23/h5-8,11-12,18-19,21,23-24,28-29,36H,3-4,9-10,13-17,35H2,1-2H3,(H,37,39)/t18-,19+,21+,23-,24+,28+,29+/m1/s1. The van der Waals surface area contributed by atoms with Crippen LogP contribution in [0.5, 0.6) is 0 Å². The summed E-state index contributed by atoms with van der Waals surface area (Å²) in [6.45, 7) is 4.66. The number of carbonyl (C=O) groups excluding carboxylic acids is 1. The number of amides is 1. The molecule has 0 aliphatic carbocycles. The van der Waals surface area contributed by atoms with Crippen molar-refractivity contribution in [3.8, 4) is 0 Å². The molecule has 3 saturated heterocycles. The molecule has 5 rings (SSSR count). The number of carbonyl (C=O) groups is 1. The first kappa shape index (κ1) is 31.9. The Morgan fingerprint density at radius 1 is 1.09 bits per heavy atom. The smallest absolute Gasteiger partial charge is 0.242 e. The van der Waals surface area contributed by atoms with Gasteiger partial charge in [0.2, 0.25) is 15.9 Å². The molecule has 236 valence electrons. The Kier molecular flexibility index (Phi) is 9.82. The highest BCUT2D eigenvalue weighted by Crippen LogP contribution is 2.39. The minimum absolute atomic E-state index is 0.00780. The first-order valence-electron chi connectivity index (χ1n) is 15.1. The molecule has 4 N–H and O–H groups in total. The van der Waals surface area contributed by atoms with Crippen molar-refractivity contribution in [3.05, 3.63) is 65.0 Å². The van der Waals surface area contributed by atoms with E-state index in [0.717, 1.165) is 18.6 Å². The molecule has 3 aliphatic heterocycles. The minimum Gasteiger partial charge on any atom is -0.376 e. The van der Waals surface area contributed by atoms with Crippen LogP contribution in [0.15, 0.2) is 36.4 Å². The van der Waals surface area contributed by atoms with Gasteiger partial charge in [-0.3, -0.25) is 4.79 Å². The summed E-state index contributed by atoms with van der Waals surface area (Å²) in [6, 6.07) is 6.30. The van der Waals surface area contributed by atoms with E-state index in [-0.39, 0.29) is 54.0 Å². The van der Waals surface area contributed by atoms with Crippen molar-refractivity contribution in [2.75, 3.05) is 24.2 Å². The number of rotatable bonds is 8. The summed E-state index contributed by atoms with van der Waals surface area (Å²) < 4.78 is 77.3. The number of anilines is 1. The fourth-order valence-electron chi connectivity index (χ4n) is 7.11. The van der Waals surface area contributed by atoms with Crippen molar-refractivity contribution in [2.45, 2.75) is 88.6 Å². The van der Waals surface area contributed by atoms with Gasteiger partial charge in [-0.1, -0.05) is 12.1 Å². The molecule has 0 saturated carbocycles. The number of fused-ring (bicyclic) bond motifs is 2. The third-order valence-corrected chi connectivity index (χ3v) is 11.1. The first-order chi connectivity index (χ1) is 20.4. The normalized spacial score (nSPS) is 30.2. The quantitative estimate of drug-likeness (QED) is 0.410. The Morgan fingerprint density at radius 3 is 2.47 bits per heavy atom. The zero-order valence-electron chi connectivity index (χ0n) is 24.6. The Bertz CT molecular complexity index is 1400. The number of piperazine rings is 1. The Labute approximate surface area is 251 Å². The van der Waals surface area contributed by atoms with Crippen LogP contribution >= 0.6 is 0 Å². The van der Waals surface area contributed by atoms with Crippen molar-refractivity contribution in [2.24, 2.45) is 11.7 Å². The summed E-state index contributed by atoms with van der Waals surface area (Å²) in [5.41, 5.74) is 6.92. The molecule has 2 bridgehead atoms. The van der Waals surface area contributed by atoms with E-state index in [2.05, 4.69) is 10.6 Å². The maximum atomic E-state index is 15.2. The molecule has 8 nitrogen and oxygen atoms in total. The minimum atomic E-state index is -3.45. The van der Waals surface area contributed by atoms with E-state index in [9.17, 15) is 17.6 Å². The fraction of sp³-hybridized carbons (Fsp3) is 0.581. The van der Waals surface area contributed by atoms with Crippen LogP contribution in [0.25, 0.3) is 0 Å². The van der Waals surface area contributed by atoms with Crippen molar-refractivity contribution in [1.29, 1.82) is 0 Å². The number of ether oxygens (including phenoxy) is 1. The molecule has 43 heavy (non-hydrogen) atoms. The lowest BCUT2D eigenvalue weighted by Gasteiger charge is -2.39. The van der Waals surface area contributed by atoms with Gasteiger partial charge in [0.1, 0.15) is 17.5 Å². The molecule has 3 heterocycles. The number of halogens is 3. The maximum Gasteiger partial charge on any atom is 0.242 e. The summed E-state index contributed by atoms with van der Waals surface area (Å²) in [4.78, 5) is 13.7. The van der Waals surface area contributed by atoms with Crippen LogP contribution in [0.3, 0.4) is 0 Å². The van der Waals surface area contributed by atoms with Crippen molar-refractivity contribution in [3.63, 3.8) is 0 Å². The molecule has 8 atom stereocenters. The molecule has 0 radical (unpaired) electrons. The zero-order valence-corrected chi connectivity index (χ0v) is 25.4. The maximum absolute atomic E-state index is 15.2. The highest BCUT2D eigenvalue weighted by molar-refractivity contribution is 7.89. The van der Waals surface area contributed by atoms with E-state index in [1.165, 1.54) is 16.4 Å². The summed E-state index contributed by atoms with van der Waals surface area (Å²) in [7, 11) is -3.45. The van der Waals surface area contributed by atoms with Crippen molar-refractivity contribution in [1.82, 2.24) is 9.62 Å². The lowest BCUT2D eigenvalue weighted by atomic mass is 9.74. The van der Waals surface area contributed by atoms with E-state index < -0.39 is 51.4 Å². The van der Waals surface area contributed by atoms with Gasteiger partial charge < -0.3 is 21.1 Å². The Balaban J connectivity index is 1.37. The average Bonchev–Trinajstić information content (AvgIpc) is 3.07. The number of nitrogens with zero attached hydrogens (tertiary/aromatic N) is 1. The Morgan fingerprint density at radius 2 is 1.77 bits per heavy atom. The third kappa shape index (κ3) is 7.25. The summed E-state index contributed by atoms with van der Waals surface area (Å²) >= 11 is 0. The number of nitrogens with one attached hydrogen (secondary N) is 2. The van der Waals surface area contributed by atoms with Crippen LogP contribution < -0.4 is 16.4 Å². The van der Waals surface area contributed by atoms with Gasteiger partial charge in [-0.05, 0) is 88.1 Å². The van der Waals surface area contributed by atoms with E-state index in [1.807, 2.05) is 13.8 Å². The predicted octanol–water partition coefficient (Wildman–Crippen LogP) is 4.06. The molecule has 0 aromatic heterocycles. The van der Waals surface area contributed by atoms with Gasteiger partial charge in [0, 0.05) is 36.7 Å². The molecule has 2 aromatic rings. The van der Waals surface area contributed by atoms with Crippen LogP contribution in [0.1, 0.15) is 63.0 Å². The van der Waals surface area contributed by atoms with Gasteiger partial charge in [0.15, 0.2) is 0 Å². The van der Waals surface area contributed by atoms with Gasteiger partial charge in [-0.15, -0.1) is 0 Å². The molecule has 2 aromatic carbocycles. The zero-order chi connectivity index (χ0) is 30.9. The van der Waals surface area contributed by atoms with Crippen LogP contribution in [0, 0.1) is 23.4 Å². The van der Waals surface area contributed by atoms with Crippen LogP contribution in [0.4, 0.5) is 18.9 Å². The molecular weight excluding hydrogens is 581 g/mol. The van der Waals surface area contributed by atoms with E-state index >= 15 is 8.78 Å². The summed E-state index contributed by atoms with van der Waals surface area (Å²) in [6.07, 6.45) is 2.70. The van der Waals surface area contributed by atoms with Gasteiger partial charge >= 0.3 is 0 Å². The van der Waals surface area contributed by atoms with Gasteiger partial charge in [-0.2, -0.15) is 4.31 Å².